The first kappa shape index (κ1) is 11.7. The van der Waals surface area contributed by atoms with Gasteiger partial charge in [-0.25, -0.2) is 4.39 Å². The van der Waals surface area contributed by atoms with E-state index in [2.05, 4.69) is 0 Å². The minimum absolute atomic E-state index is 0.271. The fourth-order valence-electron chi connectivity index (χ4n) is 2.18. The molecule has 0 fully saturated rings. The number of para-hydroxylation sites is 1. The molecule has 0 aliphatic carbocycles. The molecule has 0 atom stereocenters. The molecular formula is C16H11FO2. The molecule has 3 heteroatoms. The van der Waals surface area contributed by atoms with Crippen LogP contribution in [0.15, 0.2) is 46.9 Å². The van der Waals surface area contributed by atoms with Crippen molar-refractivity contribution in [2.45, 2.75) is 6.92 Å². The Morgan fingerprint density at radius 3 is 2.68 bits per heavy atom. The van der Waals surface area contributed by atoms with Gasteiger partial charge in [0.1, 0.15) is 17.2 Å². The summed E-state index contributed by atoms with van der Waals surface area (Å²) in [6.45, 7) is 1.68. The maximum absolute atomic E-state index is 13.3. The molecule has 0 aliphatic rings. The first-order chi connectivity index (χ1) is 9.20. The van der Waals surface area contributed by atoms with Crippen LogP contribution < -0.4 is 0 Å². The summed E-state index contributed by atoms with van der Waals surface area (Å²) >= 11 is 0. The Balaban J connectivity index is 2.29. The largest absolute Gasteiger partial charge is 0.455 e. The summed E-state index contributed by atoms with van der Waals surface area (Å²) < 4.78 is 19.0. The van der Waals surface area contributed by atoms with Crippen LogP contribution in [0.1, 0.15) is 15.9 Å². The van der Waals surface area contributed by atoms with E-state index >= 15 is 0 Å². The second-order valence-electron chi connectivity index (χ2n) is 4.42. The van der Waals surface area contributed by atoms with Crippen LogP contribution in [0.2, 0.25) is 0 Å². The van der Waals surface area contributed by atoms with Gasteiger partial charge in [0.25, 0.3) is 0 Å². The van der Waals surface area contributed by atoms with E-state index in [9.17, 15) is 9.18 Å². The first-order valence-corrected chi connectivity index (χ1v) is 5.94. The van der Waals surface area contributed by atoms with E-state index in [1.165, 1.54) is 6.07 Å². The second kappa shape index (κ2) is 4.35. The molecule has 2 aromatic carbocycles. The number of furan rings is 1. The minimum Gasteiger partial charge on any atom is -0.455 e. The Hall–Kier alpha value is -2.42. The van der Waals surface area contributed by atoms with E-state index in [1.807, 2.05) is 24.3 Å². The van der Waals surface area contributed by atoms with Crippen LogP contribution in [0, 0.1) is 12.7 Å². The molecule has 0 unspecified atom stereocenters. The van der Waals surface area contributed by atoms with Crippen molar-refractivity contribution in [3.05, 3.63) is 59.4 Å². The van der Waals surface area contributed by atoms with Crippen molar-refractivity contribution >= 4 is 17.3 Å². The molecule has 0 aliphatic heterocycles. The zero-order valence-corrected chi connectivity index (χ0v) is 10.3. The first-order valence-electron chi connectivity index (χ1n) is 5.94. The lowest BCUT2D eigenvalue weighted by molar-refractivity contribution is 0.112. The highest BCUT2D eigenvalue weighted by atomic mass is 19.1. The molecule has 0 saturated heterocycles. The smallest absolute Gasteiger partial charge is 0.154 e. The predicted molar refractivity (Wildman–Crippen MR) is 71.7 cm³/mol. The molecule has 0 radical (unpaired) electrons. The van der Waals surface area contributed by atoms with E-state index in [-0.39, 0.29) is 5.82 Å². The van der Waals surface area contributed by atoms with Crippen molar-refractivity contribution in [2.75, 3.05) is 0 Å². The summed E-state index contributed by atoms with van der Waals surface area (Å²) in [5.74, 6) is 0.215. The van der Waals surface area contributed by atoms with Crippen molar-refractivity contribution in [2.24, 2.45) is 0 Å². The summed E-state index contributed by atoms with van der Waals surface area (Å²) in [6.07, 6.45) is 0.778. The molecular weight excluding hydrogens is 243 g/mol. The molecule has 3 aromatic rings. The van der Waals surface area contributed by atoms with E-state index < -0.39 is 0 Å². The summed E-state index contributed by atoms with van der Waals surface area (Å²) in [5.41, 5.74) is 2.38. The molecule has 1 aromatic heterocycles. The standard InChI is InChI=1S/C16H11FO2/c1-10-8-11(6-7-14(10)17)16-13(9-18)12-4-2-3-5-15(12)19-16/h2-9H,1H3. The van der Waals surface area contributed by atoms with Crippen molar-refractivity contribution in [3.8, 4) is 11.3 Å². The zero-order valence-electron chi connectivity index (χ0n) is 10.3. The molecule has 0 N–H and O–H groups in total. The fraction of sp³-hybridized carbons (Fsp3) is 0.0625. The number of carbonyl (C=O) groups excluding carboxylic acids is 1. The number of benzene rings is 2. The van der Waals surface area contributed by atoms with Gasteiger partial charge in [-0.05, 0) is 36.8 Å². The van der Waals surface area contributed by atoms with Gasteiger partial charge in [-0.15, -0.1) is 0 Å². The van der Waals surface area contributed by atoms with E-state index in [4.69, 9.17) is 4.42 Å². The number of hydrogen-bond acceptors (Lipinski definition) is 2. The third kappa shape index (κ3) is 1.83. The maximum atomic E-state index is 13.3. The molecule has 3 rings (SSSR count). The average molecular weight is 254 g/mol. The van der Waals surface area contributed by atoms with Crippen LogP contribution in [-0.2, 0) is 0 Å². The van der Waals surface area contributed by atoms with Crippen molar-refractivity contribution in [3.63, 3.8) is 0 Å². The van der Waals surface area contributed by atoms with Gasteiger partial charge in [-0.3, -0.25) is 4.79 Å². The Bertz CT molecular complexity index is 772. The lowest BCUT2D eigenvalue weighted by atomic mass is 10.0. The van der Waals surface area contributed by atoms with Gasteiger partial charge in [-0.1, -0.05) is 18.2 Å². The minimum atomic E-state index is -0.271. The van der Waals surface area contributed by atoms with Crippen LogP contribution in [-0.4, -0.2) is 6.29 Å². The van der Waals surface area contributed by atoms with Gasteiger partial charge in [0, 0.05) is 10.9 Å². The number of halogens is 1. The number of aryl methyl sites for hydroxylation is 1. The Morgan fingerprint density at radius 1 is 1.16 bits per heavy atom. The Kier molecular flexibility index (Phi) is 2.67. The number of rotatable bonds is 2. The zero-order chi connectivity index (χ0) is 13.4. The maximum Gasteiger partial charge on any atom is 0.154 e. The summed E-state index contributed by atoms with van der Waals surface area (Å²) in [5, 5.41) is 0.773. The van der Waals surface area contributed by atoms with Gasteiger partial charge in [0.2, 0.25) is 0 Å². The van der Waals surface area contributed by atoms with Crippen LogP contribution in [0.5, 0.6) is 0 Å². The number of hydrogen-bond donors (Lipinski definition) is 0. The Morgan fingerprint density at radius 2 is 1.95 bits per heavy atom. The topological polar surface area (TPSA) is 30.2 Å². The van der Waals surface area contributed by atoms with Gasteiger partial charge in [0.15, 0.2) is 6.29 Å². The van der Waals surface area contributed by atoms with E-state index in [1.54, 1.807) is 19.1 Å². The van der Waals surface area contributed by atoms with Crippen LogP contribution in [0.3, 0.4) is 0 Å². The SMILES string of the molecule is Cc1cc(-c2oc3ccccc3c2C=O)ccc1F. The average Bonchev–Trinajstić information content (AvgIpc) is 2.80. The summed E-state index contributed by atoms with van der Waals surface area (Å²) in [6, 6.07) is 12.0. The van der Waals surface area contributed by atoms with Gasteiger partial charge in [-0.2, -0.15) is 0 Å². The molecule has 19 heavy (non-hydrogen) atoms. The van der Waals surface area contributed by atoms with E-state index in [0.717, 1.165) is 11.7 Å². The van der Waals surface area contributed by atoms with Gasteiger partial charge >= 0.3 is 0 Å². The second-order valence-corrected chi connectivity index (χ2v) is 4.42. The molecule has 2 nitrogen and oxygen atoms in total. The quantitative estimate of drug-likeness (QED) is 0.636. The van der Waals surface area contributed by atoms with Crippen LogP contribution in [0.25, 0.3) is 22.3 Å². The molecule has 0 amide bonds. The Labute approximate surface area is 109 Å². The lowest BCUT2D eigenvalue weighted by Gasteiger charge is -2.01. The highest BCUT2D eigenvalue weighted by Gasteiger charge is 2.15. The van der Waals surface area contributed by atoms with Crippen molar-refractivity contribution < 1.29 is 13.6 Å². The number of aldehydes is 1. The molecule has 0 saturated carbocycles. The predicted octanol–water partition coefficient (Wildman–Crippen LogP) is 4.36. The van der Waals surface area contributed by atoms with Crippen molar-refractivity contribution in [1.29, 1.82) is 0 Å². The van der Waals surface area contributed by atoms with E-state index in [0.29, 0.717) is 28.0 Å². The molecule has 94 valence electrons. The lowest BCUT2D eigenvalue weighted by Crippen LogP contribution is -1.86. The molecule has 0 spiro atoms. The van der Waals surface area contributed by atoms with Crippen LogP contribution >= 0.6 is 0 Å². The van der Waals surface area contributed by atoms with Gasteiger partial charge in [0.05, 0.1) is 5.56 Å². The molecule has 1 heterocycles. The fourth-order valence-corrected chi connectivity index (χ4v) is 2.18. The van der Waals surface area contributed by atoms with Gasteiger partial charge < -0.3 is 4.42 Å². The van der Waals surface area contributed by atoms with Crippen LogP contribution in [0.4, 0.5) is 4.39 Å². The van der Waals surface area contributed by atoms with Crippen molar-refractivity contribution in [1.82, 2.24) is 0 Å². The third-order valence-corrected chi connectivity index (χ3v) is 3.17. The monoisotopic (exact) mass is 254 g/mol. The normalized spacial score (nSPS) is 10.8. The number of fused-ring (bicyclic) bond motifs is 1. The summed E-state index contributed by atoms with van der Waals surface area (Å²) in [4.78, 5) is 11.3. The third-order valence-electron chi connectivity index (χ3n) is 3.17. The summed E-state index contributed by atoms with van der Waals surface area (Å²) in [7, 11) is 0. The molecule has 0 bridgehead atoms. The highest BCUT2D eigenvalue weighted by molar-refractivity contribution is 6.02. The number of carbonyl (C=O) groups is 1. The highest BCUT2D eigenvalue weighted by Crippen LogP contribution is 2.33.